The molecule has 2 N–H and O–H groups in total. The number of carboxylic acid groups (broad SMARTS) is 1. The molecule has 0 unspecified atom stereocenters. The molecular formula is C21H18N2O6. The highest BCUT2D eigenvalue weighted by Crippen LogP contribution is 2.26. The highest BCUT2D eigenvalue weighted by atomic mass is 16.5. The number of methoxy groups -OCH3 is 2. The lowest BCUT2D eigenvalue weighted by atomic mass is 10.1. The molecule has 0 aliphatic carbocycles. The lowest BCUT2D eigenvalue weighted by Crippen LogP contribution is -2.18. The quantitative estimate of drug-likeness (QED) is 0.469. The highest BCUT2D eigenvalue weighted by Gasteiger charge is 2.14. The lowest BCUT2D eigenvalue weighted by Gasteiger charge is -2.08. The predicted octanol–water partition coefficient (Wildman–Crippen LogP) is 3.43. The van der Waals surface area contributed by atoms with Crippen LogP contribution in [0.25, 0.3) is 11.3 Å². The van der Waals surface area contributed by atoms with Crippen LogP contribution in [0, 0.1) is 0 Å². The number of amides is 1. The van der Waals surface area contributed by atoms with Crippen LogP contribution in [-0.4, -0.2) is 37.4 Å². The van der Waals surface area contributed by atoms with Crippen molar-refractivity contribution in [1.29, 1.82) is 0 Å². The Labute approximate surface area is 166 Å². The van der Waals surface area contributed by atoms with Gasteiger partial charge in [0, 0.05) is 11.6 Å². The molecule has 29 heavy (non-hydrogen) atoms. The molecule has 0 radical (unpaired) electrons. The summed E-state index contributed by atoms with van der Waals surface area (Å²) in [6.07, 6.45) is 1.32. The number of carboxylic acids is 1. The van der Waals surface area contributed by atoms with Gasteiger partial charge in [0.25, 0.3) is 5.91 Å². The van der Waals surface area contributed by atoms with E-state index in [0.29, 0.717) is 34.1 Å². The van der Waals surface area contributed by atoms with Crippen molar-refractivity contribution >= 4 is 18.1 Å². The van der Waals surface area contributed by atoms with E-state index in [1.165, 1.54) is 26.5 Å². The first kappa shape index (κ1) is 19.7. The maximum Gasteiger partial charge on any atom is 0.336 e. The van der Waals surface area contributed by atoms with Gasteiger partial charge in [-0.15, -0.1) is 0 Å². The molecule has 148 valence electrons. The minimum Gasteiger partial charge on any atom is -0.497 e. The number of nitrogens with one attached hydrogen (secondary N) is 1. The molecule has 3 rings (SSSR count). The number of hydrazone groups is 1. The molecule has 3 aromatic rings. The largest absolute Gasteiger partial charge is 0.497 e. The summed E-state index contributed by atoms with van der Waals surface area (Å²) in [5.74, 6) is 0.126. The maximum atomic E-state index is 12.3. The molecule has 0 atom stereocenters. The van der Waals surface area contributed by atoms with Gasteiger partial charge in [-0.25, -0.2) is 10.2 Å². The Morgan fingerprint density at radius 2 is 1.83 bits per heavy atom. The fraction of sp³-hybridized carbons (Fsp3) is 0.0952. The molecule has 1 aromatic heterocycles. The molecule has 8 nitrogen and oxygen atoms in total. The van der Waals surface area contributed by atoms with Crippen LogP contribution >= 0.6 is 0 Å². The topological polar surface area (TPSA) is 110 Å². The zero-order valence-corrected chi connectivity index (χ0v) is 15.7. The molecule has 1 amide bonds. The van der Waals surface area contributed by atoms with E-state index in [2.05, 4.69) is 10.5 Å². The van der Waals surface area contributed by atoms with Crippen molar-refractivity contribution in [2.75, 3.05) is 14.2 Å². The highest BCUT2D eigenvalue weighted by molar-refractivity contribution is 5.98. The zero-order chi connectivity index (χ0) is 20.8. The summed E-state index contributed by atoms with van der Waals surface area (Å²) in [6.45, 7) is 0. The van der Waals surface area contributed by atoms with Crippen molar-refractivity contribution in [3.05, 3.63) is 71.5 Å². The van der Waals surface area contributed by atoms with Gasteiger partial charge in [0.2, 0.25) is 0 Å². The molecule has 0 saturated carbocycles. The summed E-state index contributed by atoms with van der Waals surface area (Å²) in [5, 5.41) is 13.2. The predicted molar refractivity (Wildman–Crippen MR) is 106 cm³/mol. The van der Waals surface area contributed by atoms with E-state index in [0.717, 1.165) is 0 Å². The van der Waals surface area contributed by atoms with Gasteiger partial charge in [-0.05, 0) is 30.3 Å². The minimum absolute atomic E-state index is 0.130. The van der Waals surface area contributed by atoms with Crippen LogP contribution in [0.4, 0.5) is 0 Å². The van der Waals surface area contributed by atoms with E-state index >= 15 is 0 Å². The van der Waals surface area contributed by atoms with E-state index < -0.39 is 11.9 Å². The van der Waals surface area contributed by atoms with Crippen LogP contribution in [0.1, 0.15) is 26.5 Å². The van der Waals surface area contributed by atoms with Crippen molar-refractivity contribution < 1.29 is 28.6 Å². The number of benzene rings is 2. The number of carbonyl (C=O) groups is 2. The number of nitrogens with zero attached hydrogens (tertiary/aromatic N) is 1. The molecule has 0 spiro atoms. The van der Waals surface area contributed by atoms with Crippen molar-refractivity contribution in [1.82, 2.24) is 5.43 Å². The van der Waals surface area contributed by atoms with Gasteiger partial charge in [0.05, 0.1) is 31.6 Å². The van der Waals surface area contributed by atoms with E-state index in [1.807, 2.05) is 0 Å². The maximum absolute atomic E-state index is 12.3. The summed E-state index contributed by atoms with van der Waals surface area (Å²) in [5.41, 5.74) is 3.27. The third-order valence-electron chi connectivity index (χ3n) is 4.06. The molecular weight excluding hydrogens is 376 g/mol. The number of hydrogen-bond donors (Lipinski definition) is 2. The number of carbonyl (C=O) groups excluding carboxylic acids is 1. The van der Waals surface area contributed by atoms with Crippen LogP contribution < -0.4 is 14.9 Å². The van der Waals surface area contributed by atoms with Gasteiger partial charge in [-0.2, -0.15) is 5.10 Å². The Balaban J connectivity index is 1.73. The molecule has 2 aromatic carbocycles. The lowest BCUT2D eigenvalue weighted by molar-refractivity contribution is 0.0697. The average Bonchev–Trinajstić information content (AvgIpc) is 3.21. The second-order valence-electron chi connectivity index (χ2n) is 5.82. The molecule has 1 heterocycles. The van der Waals surface area contributed by atoms with Crippen LogP contribution in [0.3, 0.4) is 0 Å². The minimum atomic E-state index is -1.05. The monoisotopic (exact) mass is 394 g/mol. The van der Waals surface area contributed by atoms with E-state index in [4.69, 9.17) is 13.9 Å². The van der Waals surface area contributed by atoms with Crippen molar-refractivity contribution in [3.63, 3.8) is 0 Å². The Hall–Kier alpha value is -4.07. The second kappa shape index (κ2) is 8.75. The Bertz CT molecular complexity index is 1070. The Morgan fingerprint density at radius 1 is 1.03 bits per heavy atom. The third-order valence-corrected chi connectivity index (χ3v) is 4.06. The Kier molecular flexibility index (Phi) is 5.94. The molecule has 0 aliphatic rings. The standard InChI is InChI=1S/C21H18N2O6/c1-27-13-7-9-17(19(11-13)28-2)20(24)23-22-12-14-8-10-18(29-14)15-5-3-4-6-16(15)21(25)26/h3-12H,1-2H3,(H,23,24)(H,25,26). The van der Waals surface area contributed by atoms with Crippen molar-refractivity contribution in [2.24, 2.45) is 5.10 Å². The van der Waals surface area contributed by atoms with Gasteiger partial charge in [0.1, 0.15) is 23.0 Å². The fourth-order valence-corrected chi connectivity index (χ4v) is 2.65. The SMILES string of the molecule is COc1ccc(C(=O)NN=Cc2ccc(-c3ccccc3C(=O)O)o2)c(OC)c1. The smallest absolute Gasteiger partial charge is 0.336 e. The van der Waals surface area contributed by atoms with Gasteiger partial charge >= 0.3 is 5.97 Å². The fourth-order valence-electron chi connectivity index (χ4n) is 2.65. The molecule has 0 saturated heterocycles. The Morgan fingerprint density at radius 3 is 2.55 bits per heavy atom. The molecule has 8 heteroatoms. The summed E-state index contributed by atoms with van der Waals surface area (Å²) < 4.78 is 15.9. The normalized spacial score (nSPS) is 10.7. The van der Waals surface area contributed by atoms with Crippen LogP contribution in [0.2, 0.25) is 0 Å². The van der Waals surface area contributed by atoms with Crippen LogP contribution in [0.5, 0.6) is 11.5 Å². The number of ether oxygens (including phenoxy) is 2. The van der Waals surface area contributed by atoms with Crippen molar-refractivity contribution in [2.45, 2.75) is 0 Å². The summed E-state index contributed by atoms with van der Waals surface area (Å²) >= 11 is 0. The first-order valence-electron chi connectivity index (χ1n) is 8.51. The molecule has 0 fully saturated rings. The summed E-state index contributed by atoms with van der Waals surface area (Å²) in [4.78, 5) is 23.7. The zero-order valence-electron chi connectivity index (χ0n) is 15.7. The average molecular weight is 394 g/mol. The molecule has 0 bridgehead atoms. The van der Waals surface area contributed by atoms with Gasteiger partial charge in [-0.1, -0.05) is 18.2 Å². The third kappa shape index (κ3) is 4.44. The van der Waals surface area contributed by atoms with Crippen molar-refractivity contribution in [3.8, 4) is 22.8 Å². The second-order valence-corrected chi connectivity index (χ2v) is 5.82. The number of furan rings is 1. The van der Waals surface area contributed by atoms with Gasteiger partial charge in [0.15, 0.2) is 0 Å². The van der Waals surface area contributed by atoms with Gasteiger partial charge in [-0.3, -0.25) is 4.79 Å². The first-order valence-corrected chi connectivity index (χ1v) is 8.51. The van der Waals surface area contributed by atoms with Gasteiger partial charge < -0.3 is 19.0 Å². The number of aromatic carboxylic acids is 1. The summed E-state index contributed by atoms with van der Waals surface area (Å²) in [6, 6.07) is 14.6. The van der Waals surface area contributed by atoms with E-state index in [9.17, 15) is 14.7 Å². The molecule has 0 aliphatic heterocycles. The van der Waals surface area contributed by atoms with Crippen LogP contribution in [-0.2, 0) is 0 Å². The van der Waals surface area contributed by atoms with E-state index in [1.54, 1.807) is 48.5 Å². The number of rotatable bonds is 7. The van der Waals surface area contributed by atoms with Crippen LogP contribution in [0.15, 0.2) is 64.1 Å². The first-order chi connectivity index (χ1) is 14.0. The number of hydrogen-bond acceptors (Lipinski definition) is 6. The summed E-state index contributed by atoms with van der Waals surface area (Å²) in [7, 11) is 2.97. The van der Waals surface area contributed by atoms with E-state index in [-0.39, 0.29) is 5.56 Å².